The smallest absolute Gasteiger partial charge is 0.225 e. The molecule has 0 aliphatic carbocycles. The van der Waals surface area contributed by atoms with Gasteiger partial charge in [0.05, 0.1) is 16.4 Å². The third-order valence-electron chi connectivity index (χ3n) is 3.91. The van der Waals surface area contributed by atoms with Crippen molar-refractivity contribution in [1.29, 1.82) is 0 Å². The molecule has 1 aromatic carbocycles. The first-order valence-corrected chi connectivity index (χ1v) is 8.71. The number of rotatable bonds is 6. The lowest BCUT2D eigenvalue weighted by molar-refractivity contribution is 0.632. The molecule has 2 N–H and O–H groups in total. The molecule has 0 aliphatic heterocycles. The van der Waals surface area contributed by atoms with Crippen LogP contribution in [-0.2, 0) is 0 Å². The Labute approximate surface area is 156 Å². The Morgan fingerprint density at radius 1 is 1.15 bits per heavy atom. The SMILES string of the molecule is CC[C@H](C)Nc1nc(Nc2c(F)cccc2Cl)cc(-c2ccncc2)n1. The molecule has 0 radical (unpaired) electrons. The Balaban J connectivity index is 2.02. The molecule has 0 spiro atoms. The maximum absolute atomic E-state index is 14.1. The lowest BCUT2D eigenvalue weighted by Gasteiger charge is -2.15. The first-order valence-electron chi connectivity index (χ1n) is 8.34. The van der Waals surface area contributed by atoms with E-state index < -0.39 is 5.82 Å². The highest BCUT2D eigenvalue weighted by molar-refractivity contribution is 6.33. The normalized spacial score (nSPS) is 11.8. The van der Waals surface area contributed by atoms with Crippen LogP contribution in [0.1, 0.15) is 20.3 Å². The van der Waals surface area contributed by atoms with Gasteiger partial charge in [-0.2, -0.15) is 4.98 Å². The van der Waals surface area contributed by atoms with Gasteiger partial charge >= 0.3 is 0 Å². The minimum absolute atomic E-state index is 0.183. The molecule has 3 aromatic rings. The summed E-state index contributed by atoms with van der Waals surface area (Å²) < 4.78 is 14.1. The predicted molar refractivity (Wildman–Crippen MR) is 103 cm³/mol. The van der Waals surface area contributed by atoms with Crippen LogP contribution in [0.4, 0.5) is 21.8 Å². The highest BCUT2D eigenvalue weighted by Crippen LogP contribution is 2.29. The Bertz CT molecular complexity index is 868. The molecule has 1 atom stereocenters. The fourth-order valence-corrected chi connectivity index (χ4v) is 2.52. The Kier molecular flexibility index (Phi) is 5.63. The van der Waals surface area contributed by atoms with Crippen LogP contribution in [0.5, 0.6) is 0 Å². The number of anilines is 3. The third kappa shape index (κ3) is 4.26. The number of para-hydroxylation sites is 1. The maximum atomic E-state index is 14.1. The van der Waals surface area contributed by atoms with Crippen LogP contribution in [0.15, 0.2) is 48.8 Å². The van der Waals surface area contributed by atoms with Crippen molar-refractivity contribution < 1.29 is 4.39 Å². The van der Waals surface area contributed by atoms with Gasteiger partial charge in [0, 0.05) is 30.1 Å². The Hall–Kier alpha value is -2.73. The van der Waals surface area contributed by atoms with Crippen molar-refractivity contribution in [2.24, 2.45) is 0 Å². The number of benzene rings is 1. The van der Waals surface area contributed by atoms with Crippen LogP contribution >= 0.6 is 11.6 Å². The van der Waals surface area contributed by atoms with Crippen LogP contribution in [0, 0.1) is 5.82 Å². The quantitative estimate of drug-likeness (QED) is 0.616. The molecule has 134 valence electrons. The lowest BCUT2D eigenvalue weighted by Crippen LogP contribution is -2.16. The van der Waals surface area contributed by atoms with E-state index in [-0.39, 0.29) is 16.8 Å². The molecule has 7 heteroatoms. The Morgan fingerprint density at radius 2 is 1.92 bits per heavy atom. The van der Waals surface area contributed by atoms with E-state index in [4.69, 9.17) is 11.6 Å². The van der Waals surface area contributed by atoms with Crippen LogP contribution < -0.4 is 10.6 Å². The van der Waals surface area contributed by atoms with Crippen LogP contribution in [0.3, 0.4) is 0 Å². The second-order valence-electron chi connectivity index (χ2n) is 5.87. The summed E-state index contributed by atoms with van der Waals surface area (Å²) >= 11 is 6.11. The summed E-state index contributed by atoms with van der Waals surface area (Å²) in [4.78, 5) is 13.0. The number of halogens is 2. The van der Waals surface area contributed by atoms with E-state index in [9.17, 15) is 4.39 Å². The van der Waals surface area contributed by atoms with Gasteiger partial charge in [0.2, 0.25) is 5.95 Å². The number of nitrogens with one attached hydrogen (secondary N) is 2. The van der Waals surface area contributed by atoms with Crippen LogP contribution in [0.2, 0.25) is 5.02 Å². The van der Waals surface area contributed by atoms with Gasteiger partial charge in [0.15, 0.2) is 0 Å². The van der Waals surface area contributed by atoms with Crippen molar-refractivity contribution in [1.82, 2.24) is 15.0 Å². The summed E-state index contributed by atoms with van der Waals surface area (Å²) in [7, 11) is 0. The summed E-state index contributed by atoms with van der Waals surface area (Å²) in [6.07, 6.45) is 4.31. The minimum atomic E-state index is -0.446. The van der Waals surface area contributed by atoms with E-state index >= 15 is 0 Å². The second kappa shape index (κ2) is 8.10. The fourth-order valence-electron chi connectivity index (χ4n) is 2.31. The number of hydrogen-bond acceptors (Lipinski definition) is 5. The van der Waals surface area contributed by atoms with Crippen molar-refractivity contribution in [2.75, 3.05) is 10.6 Å². The average molecular weight is 372 g/mol. The van der Waals surface area contributed by atoms with Gasteiger partial charge < -0.3 is 10.6 Å². The van der Waals surface area contributed by atoms with Crippen LogP contribution in [0.25, 0.3) is 11.3 Å². The topological polar surface area (TPSA) is 62.7 Å². The first-order chi connectivity index (χ1) is 12.6. The highest BCUT2D eigenvalue weighted by atomic mass is 35.5. The molecular weight excluding hydrogens is 353 g/mol. The minimum Gasteiger partial charge on any atom is -0.352 e. The van der Waals surface area contributed by atoms with Crippen molar-refractivity contribution in [3.05, 3.63) is 59.6 Å². The van der Waals surface area contributed by atoms with Gasteiger partial charge in [0.1, 0.15) is 11.6 Å². The zero-order valence-corrected chi connectivity index (χ0v) is 15.3. The summed E-state index contributed by atoms with van der Waals surface area (Å²) in [6, 6.07) is 10.2. The van der Waals surface area contributed by atoms with Crippen molar-refractivity contribution >= 4 is 29.1 Å². The van der Waals surface area contributed by atoms with Gasteiger partial charge in [-0.15, -0.1) is 0 Å². The summed E-state index contributed by atoms with van der Waals surface area (Å²) in [5, 5.41) is 6.50. The van der Waals surface area contributed by atoms with E-state index in [1.54, 1.807) is 30.6 Å². The third-order valence-corrected chi connectivity index (χ3v) is 4.22. The molecule has 2 heterocycles. The molecule has 5 nitrogen and oxygen atoms in total. The molecule has 26 heavy (non-hydrogen) atoms. The maximum Gasteiger partial charge on any atom is 0.225 e. The van der Waals surface area contributed by atoms with Crippen molar-refractivity contribution in [3.8, 4) is 11.3 Å². The molecule has 0 fully saturated rings. The van der Waals surface area contributed by atoms with E-state index in [1.165, 1.54) is 6.07 Å². The summed E-state index contributed by atoms with van der Waals surface area (Å²) in [6.45, 7) is 4.12. The zero-order valence-electron chi connectivity index (χ0n) is 14.5. The number of pyridine rings is 1. The van der Waals surface area contributed by atoms with Crippen molar-refractivity contribution in [2.45, 2.75) is 26.3 Å². The average Bonchev–Trinajstić information content (AvgIpc) is 2.65. The molecule has 0 bridgehead atoms. The molecule has 3 rings (SSSR count). The number of nitrogens with zero attached hydrogens (tertiary/aromatic N) is 3. The van der Waals surface area contributed by atoms with E-state index in [0.29, 0.717) is 17.5 Å². The van der Waals surface area contributed by atoms with Gasteiger partial charge in [0.25, 0.3) is 0 Å². The van der Waals surface area contributed by atoms with E-state index in [1.807, 2.05) is 19.1 Å². The molecule has 0 aliphatic rings. The summed E-state index contributed by atoms with van der Waals surface area (Å²) in [5.74, 6) is 0.464. The van der Waals surface area contributed by atoms with Crippen molar-refractivity contribution in [3.63, 3.8) is 0 Å². The molecule has 0 saturated carbocycles. The van der Waals surface area contributed by atoms with Gasteiger partial charge in [-0.3, -0.25) is 4.98 Å². The second-order valence-corrected chi connectivity index (χ2v) is 6.28. The predicted octanol–water partition coefficient (Wildman–Crippen LogP) is 5.29. The number of hydrogen-bond donors (Lipinski definition) is 2. The van der Waals surface area contributed by atoms with Gasteiger partial charge in [-0.05, 0) is 37.6 Å². The van der Waals surface area contributed by atoms with E-state index in [2.05, 4.69) is 32.5 Å². The largest absolute Gasteiger partial charge is 0.352 e. The molecular formula is C19H19ClFN5. The molecule has 0 amide bonds. The van der Waals surface area contributed by atoms with Gasteiger partial charge in [-0.25, -0.2) is 9.37 Å². The van der Waals surface area contributed by atoms with E-state index in [0.717, 1.165) is 12.0 Å². The highest BCUT2D eigenvalue weighted by Gasteiger charge is 2.12. The Morgan fingerprint density at radius 3 is 2.62 bits per heavy atom. The lowest BCUT2D eigenvalue weighted by atomic mass is 10.2. The van der Waals surface area contributed by atoms with Crippen LogP contribution in [-0.4, -0.2) is 21.0 Å². The molecule has 0 unspecified atom stereocenters. The standard InChI is InChI=1S/C19H19ClFN5/c1-3-12(2)23-19-24-16(13-7-9-22-10-8-13)11-17(26-19)25-18-14(20)5-4-6-15(18)21/h4-12H,3H2,1-2H3,(H2,23,24,25,26)/t12-/m0/s1. The molecule has 2 aromatic heterocycles. The fraction of sp³-hybridized carbons (Fsp3) is 0.211. The number of aromatic nitrogens is 3. The van der Waals surface area contributed by atoms with Gasteiger partial charge in [-0.1, -0.05) is 24.6 Å². The summed E-state index contributed by atoms with van der Waals surface area (Å²) in [5.41, 5.74) is 1.77. The molecule has 0 saturated heterocycles. The first kappa shape index (κ1) is 18.1. The zero-order chi connectivity index (χ0) is 18.5. The monoisotopic (exact) mass is 371 g/mol.